The van der Waals surface area contributed by atoms with Gasteiger partial charge >= 0.3 is 19.8 Å². The number of phosphoric acid groups is 1. The summed E-state index contributed by atoms with van der Waals surface area (Å²) in [4.78, 5) is 35.0. The molecule has 0 aromatic rings. The molecule has 2 atom stereocenters. The number of hydrogen-bond acceptors (Lipinski definition) is 8. The van der Waals surface area contributed by atoms with Crippen LogP contribution in [0.2, 0.25) is 0 Å². The fourth-order valence-electron chi connectivity index (χ4n) is 6.72. The summed E-state index contributed by atoms with van der Waals surface area (Å²) in [5.41, 5.74) is 5.36. The molecule has 0 aliphatic carbocycles. The van der Waals surface area contributed by atoms with E-state index in [1.807, 2.05) is 12.2 Å². The molecule has 0 amide bonds. The third-order valence-electron chi connectivity index (χ3n) is 10.4. The lowest BCUT2D eigenvalue weighted by Crippen LogP contribution is -2.29. The van der Waals surface area contributed by atoms with Crippen LogP contribution in [0.25, 0.3) is 0 Å². The summed E-state index contributed by atoms with van der Waals surface area (Å²) in [6, 6.07) is 0. The monoisotopic (exact) mass is 890 g/mol. The number of hydrogen-bond donors (Lipinski definition) is 2. The summed E-state index contributed by atoms with van der Waals surface area (Å²) in [5.74, 6) is -0.923. The molecule has 0 saturated carbocycles. The van der Waals surface area contributed by atoms with E-state index in [0.717, 1.165) is 57.8 Å². The fourth-order valence-corrected chi connectivity index (χ4v) is 7.49. The smallest absolute Gasteiger partial charge is 0.462 e. The van der Waals surface area contributed by atoms with Crippen LogP contribution >= 0.6 is 7.82 Å². The highest BCUT2D eigenvalue weighted by atomic mass is 31.2. The van der Waals surface area contributed by atoms with Crippen molar-refractivity contribution in [3.8, 4) is 0 Å². The maximum absolute atomic E-state index is 12.6. The van der Waals surface area contributed by atoms with Crippen LogP contribution in [-0.4, -0.2) is 49.3 Å². The van der Waals surface area contributed by atoms with E-state index >= 15 is 0 Å². The third-order valence-corrected chi connectivity index (χ3v) is 11.4. The molecule has 0 aliphatic heterocycles. The Morgan fingerprint density at radius 3 is 1.29 bits per heavy atom. The number of carbonyl (C=O) groups excluding carboxylic acids is 2. The molecule has 3 N–H and O–H groups in total. The standard InChI is InChI=1S/C52H92NO8P/c1-3-5-7-9-11-13-15-17-19-21-23-24-25-27-28-30-32-34-36-38-40-42-44-51(54)58-48-50(49-60-62(56,57)59-47-46-53)61-52(55)45-43-41-39-37-35-33-31-29-26-22-20-18-16-14-12-10-8-6-4-2/h6,8,12,14,18,20,26,29,33,35,39,41,50H,3-5,7,9-11,13,15-17,19,21-25,27-28,30-32,34,36-38,40,42-49,53H2,1-2H3,(H,56,57)/b8-6-,14-12-,20-18-,29-26-,35-33-,41-39-. The van der Waals surface area contributed by atoms with Crippen molar-refractivity contribution in [2.45, 2.75) is 219 Å². The normalized spacial score (nSPS) is 13.8. The summed E-state index contributed by atoms with van der Waals surface area (Å²) in [6.07, 6.45) is 59.6. The van der Waals surface area contributed by atoms with E-state index in [2.05, 4.69) is 74.6 Å². The van der Waals surface area contributed by atoms with E-state index in [0.29, 0.717) is 6.42 Å². The topological polar surface area (TPSA) is 134 Å². The zero-order valence-electron chi connectivity index (χ0n) is 39.6. The molecule has 0 heterocycles. The predicted molar refractivity (Wildman–Crippen MR) is 261 cm³/mol. The molecule has 10 heteroatoms. The molecule has 0 spiro atoms. The summed E-state index contributed by atoms with van der Waals surface area (Å²) >= 11 is 0. The van der Waals surface area contributed by atoms with Crippen LogP contribution in [0, 0.1) is 0 Å². The van der Waals surface area contributed by atoms with Gasteiger partial charge in [-0.25, -0.2) is 4.57 Å². The Morgan fingerprint density at radius 1 is 0.500 bits per heavy atom. The van der Waals surface area contributed by atoms with Gasteiger partial charge in [0.05, 0.1) is 13.2 Å². The highest BCUT2D eigenvalue weighted by molar-refractivity contribution is 7.47. The van der Waals surface area contributed by atoms with Gasteiger partial charge in [0.1, 0.15) is 6.61 Å². The van der Waals surface area contributed by atoms with Gasteiger partial charge in [0, 0.05) is 19.4 Å². The molecular weight excluding hydrogens is 798 g/mol. The van der Waals surface area contributed by atoms with Crippen LogP contribution in [0.15, 0.2) is 72.9 Å². The van der Waals surface area contributed by atoms with Crippen molar-refractivity contribution in [3.05, 3.63) is 72.9 Å². The quantitative estimate of drug-likeness (QED) is 0.0265. The molecule has 0 radical (unpaired) electrons. The van der Waals surface area contributed by atoms with Crippen LogP contribution in [0.3, 0.4) is 0 Å². The SMILES string of the molecule is CC/C=C\C/C=C\C/C=C\C/C=C\C/C=C\C/C=C\CCC(=O)OC(COC(=O)CCCCCCCCCCCCCCCCCCCCCCCC)COP(=O)(O)OCCN. The van der Waals surface area contributed by atoms with Crippen LogP contribution < -0.4 is 5.73 Å². The van der Waals surface area contributed by atoms with Crippen molar-refractivity contribution < 1.29 is 37.6 Å². The summed E-state index contributed by atoms with van der Waals surface area (Å²) in [5, 5.41) is 0. The predicted octanol–water partition coefficient (Wildman–Crippen LogP) is 15.0. The van der Waals surface area contributed by atoms with E-state index in [9.17, 15) is 19.0 Å². The van der Waals surface area contributed by atoms with Crippen LogP contribution in [0.1, 0.15) is 213 Å². The minimum absolute atomic E-state index is 0.0398. The first-order valence-electron chi connectivity index (χ1n) is 24.9. The van der Waals surface area contributed by atoms with E-state index < -0.39 is 32.5 Å². The van der Waals surface area contributed by atoms with Gasteiger partial charge in [-0.1, -0.05) is 222 Å². The maximum atomic E-state index is 12.6. The van der Waals surface area contributed by atoms with Crippen molar-refractivity contribution in [2.75, 3.05) is 26.4 Å². The van der Waals surface area contributed by atoms with Crippen LogP contribution in [0.4, 0.5) is 0 Å². The lowest BCUT2D eigenvalue weighted by molar-refractivity contribution is -0.161. The Kier molecular flexibility index (Phi) is 45.9. The molecule has 358 valence electrons. The van der Waals surface area contributed by atoms with Gasteiger partial charge in [0.15, 0.2) is 6.10 Å². The second kappa shape index (κ2) is 47.9. The van der Waals surface area contributed by atoms with Gasteiger partial charge in [-0.15, -0.1) is 0 Å². The van der Waals surface area contributed by atoms with Gasteiger partial charge < -0.3 is 20.1 Å². The zero-order valence-corrected chi connectivity index (χ0v) is 40.5. The Labute approximate surface area is 380 Å². The number of nitrogens with two attached hydrogens (primary N) is 1. The number of ether oxygens (including phenoxy) is 2. The molecule has 62 heavy (non-hydrogen) atoms. The number of rotatable bonds is 46. The Hall–Kier alpha value is -2.55. The van der Waals surface area contributed by atoms with Crippen molar-refractivity contribution in [1.82, 2.24) is 0 Å². The Morgan fingerprint density at radius 2 is 0.887 bits per heavy atom. The molecule has 0 rings (SSSR count). The molecule has 0 fully saturated rings. The highest BCUT2D eigenvalue weighted by Gasteiger charge is 2.25. The Balaban J connectivity index is 4.14. The molecular formula is C52H92NO8P. The number of esters is 2. The number of unbranched alkanes of at least 4 members (excludes halogenated alkanes) is 21. The largest absolute Gasteiger partial charge is 0.472 e. The van der Waals surface area contributed by atoms with Gasteiger partial charge in [-0.2, -0.15) is 0 Å². The van der Waals surface area contributed by atoms with Gasteiger partial charge in [-0.05, 0) is 51.4 Å². The average Bonchev–Trinajstić information content (AvgIpc) is 3.26. The molecule has 9 nitrogen and oxygen atoms in total. The fraction of sp³-hybridized carbons (Fsp3) is 0.731. The molecule has 0 aromatic carbocycles. The minimum atomic E-state index is -4.40. The third kappa shape index (κ3) is 46.9. The first-order chi connectivity index (χ1) is 30.3. The number of carbonyl (C=O) groups is 2. The molecule has 0 saturated heterocycles. The zero-order chi connectivity index (χ0) is 45.3. The second-order valence-corrected chi connectivity index (χ2v) is 17.8. The van der Waals surface area contributed by atoms with Gasteiger partial charge in [0.2, 0.25) is 0 Å². The first kappa shape index (κ1) is 59.5. The Bertz CT molecular complexity index is 1240. The number of phosphoric ester groups is 1. The number of allylic oxidation sites excluding steroid dienone is 12. The van der Waals surface area contributed by atoms with E-state index in [1.165, 1.54) is 122 Å². The lowest BCUT2D eigenvalue weighted by atomic mass is 10.0. The summed E-state index contributed by atoms with van der Waals surface area (Å²) < 4.78 is 32.8. The van der Waals surface area contributed by atoms with Crippen molar-refractivity contribution in [2.24, 2.45) is 5.73 Å². The molecule has 0 bridgehead atoms. The lowest BCUT2D eigenvalue weighted by Gasteiger charge is -2.19. The maximum Gasteiger partial charge on any atom is 0.472 e. The van der Waals surface area contributed by atoms with Crippen molar-refractivity contribution >= 4 is 19.8 Å². The van der Waals surface area contributed by atoms with Crippen molar-refractivity contribution in [3.63, 3.8) is 0 Å². The highest BCUT2D eigenvalue weighted by Crippen LogP contribution is 2.43. The minimum Gasteiger partial charge on any atom is -0.462 e. The average molecular weight is 890 g/mol. The van der Waals surface area contributed by atoms with Crippen molar-refractivity contribution in [1.29, 1.82) is 0 Å². The van der Waals surface area contributed by atoms with E-state index in [4.69, 9.17) is 24.3 Å². The first-order valence-corrected chi connectivity index (χ1v) is 26.4. The van der Waals surface area contributed by atoms with Crippen LogP contribution in [-0.2, 0) is 32.7 Å². The molecule has 0 aliphatic rings. The van der Waals surface area contributed by atoms with Gasteiger partial charge in [-0.3, -0.25) is 18.6 Å². The van der Waals surface area contributed by atoms with Gasteiger partial charge in [0.25, 0.3) is 0 Å². The van der Waals surface area contributed by atoms with E-state index in [-0.39, 0.29) is 32.6 Å². The van der Waals surface area contributed by atoms with Crippen LogP contribution in [0.5, 0.6) is 0 Å². The molecule has 2 unspecified atom stereocenters. The van der Waals surface area contributed by atoms with E-state index in [1.54, 1.807) is 0 Å². The summed E-state index contributed by atoms with van der Waals surface area (Å²) in [7, 11) is -4.40. The molecule has 0 aromatic heterocycles. The second-order valence-electron chi connectivity index (χ2n) is 16.3. The summed E-state index contributed by atoms with van der Waals surface area (Å²) in [6.45, 7) is 3.55.